The van der Waals surface area contributed by atoms with Crippen molar-refractivity contribution in [1.82, 2.24) is 15.2 Å². The minimum absolute atomic E-state index is 0.0327. The van der Waals surface area contributed by atoms with Crippen LogP contribution in [0.1, 0.15) is 41.6 Å². The van der Waals surface area contributed by atoms with Crippen LogP contribution in [-0.2, 0) is 6.42 Å². The van der Waals surface area contributed by atoms with Crippen molar-refractivity contribution in [2.75, 3.05) is 25.4 Å². The molecule has 1 saturated carbocycles. The van der Waals surface area contributed by atoms with Crippen molar-refractivity contribution in [3.05, 3.63) is 59.8 Å². The Hall–Kier alpha value is -2.40. The van der Waals surface area contributed by atoms with E-state index in [2.05, 4.69) is 45.5 Å². The van der Waals surface area contributed by atoms with Crippen molar-refractivity contribution >= 4 is 11.7 Å². The molecule has 1 aromatic heterocycles. The Morgan fingerprint density at radius 1 is 1.19 bits per heavy atom. The Bertz CT molecular complexity index is 767. The highest BCUT2D eigenvalue weighted by Gasteiger charge is 2.55. The zero-order valence-corrected chi connectivity index (χ0v) is 15.7. The standard InChI is InChI=1S/C22H28N4O/c23-20-9-8-18(16-24-20)21(27)25-19-15-22(19)10-13-26(14-11-22)12-4-7-17-5-2-1-3-6-17/h1-3,5-6,8-9,16,19H,4,7,10-15H2,(H2,23,24)(H,25,27). The van der Waals surface area contributed by atoms with Crippen LogP contribution in [0.15, 0.2) is 48.7 Å². The van der Waals surface area contributed by atoms with Gasteiger partial charge in [0.25, 0.3) is 5.91 Å². The van der Waals surface area contributed by atoms with E-state index >= 15 is 0 Å². The molecule has 0 bridgehead atoms. The third kappa shape index (κ3) is 4.30. The minimum Gasteiger partial charge on any atom is -0.384 e. The van der Waals surface area contributed by atoms with Crippen molar-refractivity contribution in [2.24, 2.45) is 5.41 Å². The number of nitrogens with zero attached hydrogens (tertiary/aromatic N) is 2. The lowest BCUT2D eigenvalue weighted by molar-refractivity contribution is 0.0934. The van der Waals surface area contributed by atoms with E-state index in [1.165, 1.54) is 31.4 Å². The fourth-order valence-electron chi connectivity index (χ4n) is 4.26. The van der Waals surface area contributed by atoms with Crippen molar-refractivity contribution in [3.63, 3.8) is 0 Å². The summed E-state index contributed by atoms with van der Waals surface area (Å²) in [7, 11) is 0. The topological polar surface area (TPSA) is 71.2 Å². The zero-order valence-electron chi connectivity index (χ0n) is 15.7. The largest absolute Gasteiger partial charge is 0.384 e. The molecule has 1 spiro atoms. The molecule has 1 atom stereocenters. The molecule has 1 aliphatic heterocycles. The highest BCUT2D eigenvalue weighted by atomic mass is 16.1. The molecule has 1 saturated heterocycles. The molecule has 3 N–H and O–H groups in total. The highest BCUT2D eigenvalue weighted by Crippen LogP contribution is 2.53. The van der Waals surface area contributed by atoms with Crippen LogP contribution in [-0.4, -0.2) is 41.5 Å². The van der Waals surface area contributed by atoms with Crippen LogP contribution >= 0.6 is 0 Å². The Balaban J connectivity index is 1.19. The summed E-state index contributed by atoms with van der Waals surface area (Å²) in [5, 5.41) is 3.19. The predicted molar refractivity (Wildman–Crippen MR) is 107 cm³/mol. The van der Waals surface area contributed by atoms with Gasteiger partial charge in [0, 0.05) is 12.2 Å². The molecular formula is C22H28N4O. The number of amides is 1. The molecule has 0 radical (unpaired) electrons. The van der Waals surface area contributed by atoms with Gasteiger partial charge in [-0.15, -0.1) is 0 Å². The van der Waals surface area contributed by atoms with E-state index in [1.807, 2.05) is 0 Å². The number of nitrogens with one attached hydrogen (secondary N) is 1. The number of carbonyl (C=O) groups is 1. The number of nitrogens with two attached hydrogens (primary N) is 1. The summed E-state index contributed by atoms with van der Waals surface area (Å²) >= 11 is 0. The van der Waals surface area contributed by atoms with Gasteiger partial charge >= 0.3 is 0 Å². The third-order valence-corrected chi connectivity index (χ3v) is 6.18. The van der Waals surface area contributed by atoms with Crippen LogP contribution in [0, 0.1) is 5.41 Å². The number of piperidine rings is 1. The number of carbonyl (C=O) groups excluding carboxylic acids is 1. The summed E-state index contributed by atoms with van der Waals surface area (Å²) in [5.41, 5.74) is 7.92. The Morgan fingerprint density at radius 3 is 2.67 bits per heavy atom. The SMILES string of the molecule is Nc1ccc(C(=O)NC2CC23CCN(CCCc2ccccc2)CC3)cn1. The molecule has 142 valence electrons. The van der Waals surface area contributed by atoms with Gasteiger partial charge in [-0.3, -0.25) is 4.79 Å². The van der Waals surface area contributed by atoms with Crippen molar-refractivity contribution in [2.45, 2.75) is 38.1 Å². The first-order valence-electron chi connectivity index (χ1n) is 9.93. The molecule has 2 heterocycles. The van der Waals surface area contributed by atoms with Crippen LogP contribution in [0.3, 0.4) is 0 Å². The van der Waals surface area contributed by atoms with E-state index < -0.39 is 0 Å². The molecule has 1 aromatic carbocycles. The second kappa shape index (κ2) is 7.69. The highest BCUT2D eigenvalue weighted by molar-refractivity contribution is 5.94. The second-order valence-corrected chi connectivity index (χ2v) is 8.00. The number of pyridine rings is 1. The first kappa shape index (κ1) is 18.0. The average Bonchev–Trinajstić information content (AvgIpc) is 3.36. The van der Waals surface area contributed by atoms with Crippen molar-refractivity contribution in [1.29, 1.82) is 0 Å². The molecule has 5 heteroatoms. The van der Waals surface area contributed by atoms with Crippen molar-refractivity contribution in [3.8, 4) is 0 Å². The number of hydrogen-bond acceptors (Lipinski definition) is 4. The molecule has 4 rings (SSSR count). The van der Waals surface area contributed by atoms with Crippen LogP contribution in [0.2, 0.25) is 0 Å². The fraction of sp³-hybridized carbons (Fsp3) is 0.455. The van der Waals surface area contributed by atoms with E-state index in [1.54, 1.807) is 18.3 Å². The van der Waals surface area contributed by atoms with Crippen LogP contribution in [0.4, 0.5) is 5.82 Å². The molecule has 5 nitrogen and oxygen atoms in total. The lowest BCUT2D eigenvalue weighted by Crippen LogP contribution is -2.39. The van der Waals surface area contributed by atoms with E-state index in [-0.39, 0.29) is 5.91 Å². The summed E-state index contributed by atoms with van der Waals surface area (Å²) in [6.07, 6.45) is 7.39. The Labute approximate surface area is 161 Å². The summed E-state index contributed by atoms with van der Waals surface area (Å²) in [4.78, 5) is 19.0. The minimum atomic E-state index is -0.0327. The molecule has 1 unspecified atom stereocenters. The molecule has 2 aromatic rings. The summed E-state index contributed by atoms with van der Waals surface area (Å²) in [5.74, 6) is 0.406. The van der Waals surface area contributed by atoms with Crippen LogP contribution < -0.4 is 11.1 Å². The van der Waals surface area contributed by atoms with Gasteiger partial charge in [-0.25, -0.2) is 4.98 Å². The van der Waals surface area contributed by atoms with Gasteiger partial charge in [-0.1, -0.05) is 30.3 Å². The third-order valence-electron chi connectivity index (χ3n) is 6.18. The quantitative estimate of drug-likeness (QED) is 0.827. The number of likely N-dealkylation sites (tertiary alicyclic amines) is 1. The molecule has 1 aliphatic carbocycles. The van der Waals surface area contributed by atoms with Gasteiger partial charge in [-0.05, 0) is 74.8 Å². The summed E-state index contributed by atoms with van der Waals surface area (Å²) < 4.78 is 0. The molecular weight excluding hydrogens is 336 g/mol. The lowest BCUT2D eigenvalue weighted by Gasteiger charge is -2.33. The number of anilines is 1. The molecule has 27 heavy (non-hydrogen) atoms. The monoisotopic (exact) mass is 364 g/mol. The fourth-order valence-corrected chi connectivity index (χ4v) is 4.26. The Kier molecular flexibility index (Phi) is 5.12. The molecule has 1 amide bonds. The lowest BCUT2D eigenvalue weighted by atomic mass is 9.92. The van der Waals surface area contributed by atoms with Gasteiger partial charge in [0.2, 0.25) is 0 Å². The summed E-state index contributed by atoms with van der Waals surface area (Å²) in [6, 6.07) is 14.4. The maximum Gasteiger partial charge on any atom is 0.253 e. The first-order valence-corrected chi connectivity index (χ1v) is 9.93. The second-order valence-electron chi connectivity index (χ2n) is 8.00. The smallest absolute Gasteiger partial charge is 0.253 e. The average molecular weight is 364 g/mol. The van der Waals surface area contributed by atoms with Crippen LogP contribution in [0.25, 0.3) is 0 Å². The number of nitrogen functional groups attached to an aromatic ring is 1. The van der Waals surface area contributed by atoms with Gasteiger partial charge in [0.1, 0.15) is 5.82 Å². The van der Waals surface area contributed by atoms with Gasteiger partial charge in [0.05, 0.1) is 5.56 Å². The van der Waals surface area contributed by atoms with Gasteiger partial charge < -0.3 is 16.0 Å². The van der Waals surface area contributed by atoms with E-state index in [4.69, 9.17) is 5.73 Å². The first-order chi connectivity index (χ1) is 13.1. The maximum absolute atomic E-state index is 12.4. The van der Waals surface area contributed by atoms with E-state index in [9.17, 15) is 4.79 Å². The van der Waals surface area contributed by atoms with Gasteiger partial charge in [0.15, 0.2) is 0 Å². The Morgan fingerprint density at radius 2 is 1.96 bits per heavy atom. The van der Waals surface area contributed by atoms with Crippen molar-refractivity contribution < 1.29 is 4.79 Å². The number of rotatable bonds is 6. The van der Waals surface area contributed by atoms with E-state index in [0.717, 1.165) is 25.9 Å². The summed E-state index contributed by atoms with van der Waals surface area (Å²) in [6.45, 7) is 3.45. The number of aryl methyl sites for hydroxylation is 1. The van der Waals surface area contributed by atoms with Crippen LogP contribution in [0.5, 0.6) is 0 Å². The number of benzene rings is 1. The predicted octanol–water partition coefficient (Wildman–Crippen LogP) is 2.88. The maximum atomic E-state index is 12.4. The number of hydrogen-bond donors (Lipinski definition) is 2. The van der Waals surface area contributed by atoms with Gasteiger partial charge in [-0.2, -0.15) is 0 Å². The number of aromatic nitrogens is 1. The normalized spacial score (nSPS) is 21.1. The van der Waals surface area contributed by atoms with E-state index in [0.29, 0.717) is 22.8 Å². The zero-order chi connectivity index (χ0) is 18.7. The molecule has 2 fully saturated rings. The molecule has 2 aliphatic rings.